The van der Waals surface area contributed by atoms with Gasteiger partial charge in [0.25, 0.3) is 0 Å². The molecule has 0 aromatic carbocycles. The van der Waals surface area contributed by atoms with Crippen LogP contribution in [0.3, 0.4) is 0 Å². The number of carbonyl (C=O) groups excluding carboxylic acids is 1. The van der Waals surface area contributed by atoms with Crippen LogP contribution in [0.25, 0.3) is 0 Å². The van der Waals surface area contributed by atoms with Crippen LogP contribution in [0.1, 0.15) is 4.88 Å². The lowest BCUT2D eigenvalue weighted by Crippen LogP contribution is -2.38. The summed E-state index contributed by atoms with van der Waals surface area (Å²) < 4.78 is 0. The van der Waals surface area contributed by atoms with Crippen LogP contribution in [-0.2, 0) is 11.2 Å². The summed E-state index contributed by atoms with van der Waals surface area (Å²) in [7, 11) is 0. The number of carbonyl (C=O) groups is 1. The summed E-state index contributed by atoms with van der Waals surface area (Å²) in [6.07, 6.45) is 0.586. The fourth-order valence-electron chi connectivity index (χ4n) is 1.49. The first kappa shape index (κ1) is 10.1. The van der Waals surface area contributed by atoms with Crippen molar-refractivity contribution in [1.82, 2.24) is 4.90 Å². The molecule has 0 bridgehead atoms. The maximum Gasteiger partial charge on any atom is 0.227 e. The smallest absolute Gasteiger partial charge is 0.227 e. The van der Waals surface area contributed by atoms with E-state index in [2.05, 4.69) is 0 Å². The molecule has 1 aromatic rings. The number of nitrogens with zero attached hydrogens (tertiary/aromatic N) is 1. The minimum Gasteiger partial charge on any atom is -0.341 e. The molecule has 1 amide bonds. The Morgan fingerprint density at radius 2 is 2.21 bits per heavy atom. The van der Waals surface area contributed by atoms with E-state index in [0.717, 1.165) is 24.6 Å². The molecular formula is C10H13NOS2. The van der Waals surface area contributed by atoms with Crippen LogP contribution in [0.2, 0.25) is 0 Å². The molecule has 4 heteroatoms. The SMILES string of the molecule is O=C(Cc1cccs1)N1CCSCC1. The maximum absolute atomic E-state index is 11.8. The Bertz CT molecular complexity index is 291. The Morgan fingerprint density at radius 1 is 1.43 bits per heavy atom. The Hall–Kier alpha value is -0.480. The van der Waals surface area contributed by atoms with Crippen LogP contribution in [0.5, 0.6) is 0 Å². The highest BCUT2D eigenvalue weighted by atomic mass is 32.2. The van der Waals surface area contributed by atoms with Crippen LogP contribution in [0, 0.1) is 0 Å². The molecule has 1 saturated heterocycles. The average molecular weight is 227 g/mol. The van der Waals surface area contributed by atoms with Crippen molar-refractivity contribution >= 4 is 29.0 Å². The molecule has 2 heterocycles. The Kier molecular flexibility index (Phi) is 3.48. The van der Waals surface area contributed by atoms with E-state index in [1.807, 2.05) is 34.2 Å². The van der Waals surface area contributed by atoms with Crippen LogP contribution in [0.15, 0.2) is 17.5 Å². The highest BCUT2D eigenvalue weighted by Gasteiger charge is 2.16. The predicted molar refractivity (Wildman–Crippen MR) is 61.9 cm³/mol. The van der Waals surface area contributed by atoms with Crippen molar-refractivity contribution in [3.05, 3.63) is 22.4 Å². The second-order valence-electron chi connectivity index (χ2n) is 3.25. The number of thioether (sulfide) groups is 1. The highest BCUT2D eigenvalue weighted by molar-refractivity contribution is 7.99. The average Bonchev–Trinajstić information content (AvgIpc) is 2.72. The number of rotatable bonds is 2. The molecule has 14 heavy (non-hydrogen) atoms. The molecule has 1 fully saturated rings. The van der Waals surface area contributed by atoms with Gasteiger partial charge in [-0.25, -0.2) is 0 Å². The molecule has 1 aromatic heterocycles. The van der Waals surface area contributed by atoms with E-state index in [-0.39, 0.29) is 5.91 Å². The fraction of sp³-hybridized carbons (Fsp3) is 0.500. The van der Waals surface area contributed by atoms with E-state index in [9.17, 15) is 4.79 Å². The summed E-state index contributed by atoms with van der Waals surface area (Å²) in [4.78, 5) is 14.9. The lowest BCUT2D eigenvalue weighted by Gasteiger charge is -2.26. The maximum atomic E-state index is 11.8. The van der Waals surface area contributed by atoms with E-state index >= 15 is 0 Å². The summed E-state index contributed by atoms with van der Waals surface area (Å²) in [6.45, 7) is 1.85. The standard InChI is InChI=1S/C10H13NOS2/c12-10(8-9-2-1-5-14-9)11-3-6-13-7-4-11/h1-2,5H,3-4,6-8H2. The molecule has 0 unspecified atom stereocenters. The van der Waals surface area contributed by atoms with Crippen molar-refractivity contribution in [2.75, 3.05) is 24.6 Å². The third-order valence-corrected chi connectivity index (χ3v) is 4.09. The van der Waals surface area contributed by atoms with Crippen molar-refractivity contribution in [1.29, 1.82) is 0 Å². The van der Waals surface area contributed by atoms with E-state index in [1.54, 1.807) is 11.3 Å². The van der Waals surface area contributed by atoms with E-state index < -0.39 is 0 Å². The lowest BCUT2D eigenvalue weighted by molar-refractivity contribution is -0.130. The zero-order chi connectivity index (χ0) is 9.80. The van der Waals surface area contributed by atoms with Gasteiger partial charge in [0.15, 0.2) is 0 Å². The topological polar surface area (TPSA) is 20.3 Å². The van der Waals surface area contributed by atoms with E-state index in [1.165, 1.54) is 4.88 Å². The minimum absolute atomic E-state index is 0.285. The molecular weight excluding hydrogens is 214 g/mol. The number of amides is 1. The first-order valence-electron chi connectivity index (χ1n) is 4.74. The molecule has 76 valence electrons. The molecule has 0 saturated carbocycles. The van der Waals surface area contributed by atoms with Crippen molar-refractivity contribution in [2.24, 2.45) is 0 Å². The van der Waals surface area contributed by atoms with Gasteiger partial charge in [0, 0.05) is 29.5 Å². The van der Waals surface area contributed by atoms with Crippen LogP contribution >= 0.6 is 23.1 Å². The zero-order valence-corrected chi connectivity index (χ0v) is 9.57. The second kappa shape index (κ2) is 4.84. The van der Waals surface area contributed by atoms with Gasteiger partial charge in [-0.15, -0.1) is 11.3 Å². The van der Waals surface area contributed by atoms with Crippen LogP contribution in [0.4, 0.5) is 0 Å². The van der Waals surface area contributed by atoms with Gasteiger partial charge in [0.2, 0.25) is 5.91 Å². The van der Waals surface area contributed by atoms with Gasteiger partial charge in [-0.1, -0.05) is 6.07 Å². The largest absolute Gasteiger partial charge is 0.341 e. The number of thiophene rings is 1. The first-order chi connectivity index (χ1) is 6.86. The predicted octanol–water partition coefficient (Wildman–Crippen LogP) is 1.87. The van der Waals surface area contributed by atoms with Gasteiger partial charge in [-0.2, -0.15) is 11.8 Å². The molecule has 2 rings (SSSR count). The van der Waals surface area contributed by atoms with E-state index in [4.69, 9.17) is 0 Å². The summed E-state index contributed by atoms with van der Waals surface area (Å²) in [5.41, 5.74) is 0. The fourth-order valence-corrected chi connectivity index (χ4v) is 3.09. The first-order valence-corrected chi connectivity index (χ1v) is 6.77. The molecule has 1 aliphatic rings. The molecule has 0 atom stereocenters. The Balaban J connectivity index is 1.88. The molecule has 0 N–H and O–H groups in total. The van der Waals surface area contributed by atoms with Crippen molar-refractivity contribution in [2.45, 2.75) is 6.42 Å². The summed E-state index contributed by atoms with van der Waals surface area (Å²) in [6, 6.07) is 4.03. The molecule has 2 nitrogen and oxygen atoms in total. The van der Waals surface area contributed by atoms with Crippen LogP contribution in [-0.4, -0.2) is 35.4 Å². The number of hydrogen-bond donors (Lipinski definition) is 0. The normalized spacial score (nSPS) is 17.0. The molecule has 0 radical (unpaired) electrons. The van der Waals surface area contributed by atoms with Gasteiger partial charge < -0.3 is 4.90 Å². The highest BCUT2D eigenvalue weighted by Crippen LogP contribution is 2.14. The third kappa shape index (κ3) is 2.51. The van der Waals surface area contributed by atoms with E-state index in [0.29, 0.717) is 6.42 Å². The second-order valence-corrected chi connectivity index (χ2v) is 5.51. The van der Waals surface area contributed by atoms with Gasteiger partial charge in [0.05, 0.1) is 6.42 Å². The molecule has 0 aliphatic carbocycles. The third-order valence-electron chi connectivity index (χ3n) is 2.27. The molecule has 1 aliphatic heterocycles. The summed E-state index contributed by atoms with van der Waals surface area (Å²) >= 11 is 3.60. The lowest BCUT2D eigenvalue weighted by atomic mass is 10.3. The van der Waals surface area contributed by atoms with Gasteiger partial charge >= 0.3 is 0 Å². The van der Waals surface area contributed by atoms with Crippen molar-refractivity contribution in [3.63, 3.8) is 0 Å². The molecule has 0 spiro atoms. The Morgan fingerprint density at radius 3 is 2.86 bits per heavy atom. The number of hydrogen-bond acceptors (Lipinski definition) is 3. The van der Waals surface area contributed by atoms with Crippen molar-refractivity contribution in [3.8, 4) is 0 Å². The zero-order valence-electron chi connectivity index (χ0n) is 7.94. The monoisotopic (exact) mass is 227 g/mol. The minimum atomic E-state index is 0.285. The Labute approximate surface area is 92.3 Å². The van der Waals surface area contributed by atoms with Crippen molar-refractivity contribution < 1.29 is 4.79 Å². The van der Waals surface area contributed by atoms with Gasteiger partial charge in [-0.3, -0.25) is 4.79 Å². The summed E-state index contributed by atoms with van der Waals surface area (Å²) in [5.74, 6) is 2.47. The van der Waals surface area contributed by atoms with Gasteiger partial charge in [-0.05, 0) is 11.4 Å². The quantitative estimate of drug-likeness (QED) is 0.768. The summed E-state index contributed by atoms with van der Waals surface area (Å²) in [5, 5.41) is 2.02. The van der Waals surface area contributed by atoms with Crippen LogP contribution < -0.4 is 0 Å². The van der Waals surface area contributed by atoms with Gasteiger partial charge in [0.1, 0.15) is 0 Å².